The molecular formula is C20H15BrFNO5S. The summed E-state index contributed by atoms with van der Waals surface area (Å²) in [5.74, 6) is -1.03. The van der Waals surface area contributed by atoms with Crippen LogP contribution in [0.15, 0.2) is 51.8 Å². The fourth-order valence-electron chi connectivity index (χ4n) is 2.50. The van der Waals surface area contributed by atoms with Gasteiger partial charge in [0.15, 0.2) is 6.61 Å². The average Bonchev–Trinajstić information content (AvgIpc) is 2.96. The van der Waals surface area contributed by atoms with Crippen LogP contribution >= 0.6 is 27.7 Å². The molecule has 0 radical (unpaired) electrons. The van der Waals surface area contributed by atoms with Gasteiger partial charge >= 0.3 is 5.97 Å². The molecule has 3 rings (SSSR count). The third kappa shape index (κ3) is 5.04. The number of carbonyl (C=O) groups excluding carboxylic acids is 3. The predicted octanol–water partition coefficient (Wildman–Crippen LogP) is 4.38. The van der Waals surface area contributed by atoms with Crippen molar-refractivity contribution in [1.82, 2.24) is 4.90 Å². The zero-order chi connectivity index (χ0) is 21.0. The Morgan fingerprint density at radius 2 is 2.00 bits per heavy atom. The van der Waals surface area contributed by atoms with Crippen LogP contribution in [0.2, 0.25) is 0 Å². The molecule has 0 aromatic heterocycles. The zero-order valence-electron chi connectivity index (χ0n) is 15.2. The van der Waals surface area contributed by atoms with Crippen molar-refractivity contribution in [2.45, 2.75) is 6.54 Å². The van der Waals surface area contributed by atoms with Crippen LogP contribution in [-0.2, 0) is 20.9 Å². The van der Waals surface area contributed by atoms with Crippen molar-refractivity contribution in [3.05, 3.63) is 68.8 Å². The van der Waals surface area contributed by atoms with E-state index in [9.17, 15) is 18.8 Å². The number of benzene rings is 2. The van der Waals surface area contributed by atoms with Crippen LogP contribution in [0.5, 0.6) is 5.75 Å². The Kier molecular flexibility index (Phi) is 6.71. The van der Waals surface area contributed by atoms with Gasteiger partial charge in [0, 0.05) is 5.56 Å². The number of hydrogen-bond donors (Lipinski definition) is 0. The quantitative estimate of drug-likeness (QED) is 0.452. The van der Waals surface area contributed by atoms with Crippen LogP contribution in [0.4, 0.5) is 9.18 Å². The summed E-state index contributed by atoms with van der Waals surface area (Å²) in [6, 6.07) is 11.0. The molecule has 9 heteroatoms. The largest absolute Gasteiger partial charge is 0.481 e. The first-order valence-corrected chi connectivity index (χ1v) is 9.98. The second-order valence-electron chi connectivity index (χ2n) is 5.91. The van der Waals surface area contributed by atoms with E-state index in [-0.39, 0.29) is 23.6 Å². The molecule has 2 aromatic rings. The molecule has 1 saturated heterocycles. The lowest BCUT2D eigenvalue weighted by molar-refractivity contribution is -0.142. The Labute approximate surface area is 178 Å². The normalized spacial score (nSPS) is 15.1. The highest BCUT2D eigenvalue weighted by Crippen LogP contribution is 2.35. The smallest absolute Gasteiger partial charge is 0.343 e. The highest BCUT2D eigenvalue weighted by atomic mass is 79.9. The second-order valence-corrected chi connectivity index (χ2v) is 7.76. The van der Waals surface area contributed by atoms with Crippen molar-refractivity contribution in [2.24, 2.45) is 0 Å². The molecule has 1 heterocycles. The van der Waals surface area contributed by atoms with Crippen molar-refractivity contribution in [2.75, 3.05) is 13.7 Å². The van der Waals surface area contributed by atoms with E-state index >= 15 is 0 Å². The van der Waals surface area contributed by atoms with Gasteiger partial charge in [0.25, 0.3) is 11.1 Å². The van der Waals surface area contributed by atoms with Gasteiger partial charge < -0.3 is 9.47 Å². The average molecular weight is 480 g/mol. The third-order valence-electron chi connectivity index (χ3n) is 3.99. The fourth-order valence-corrected chi connectivity index (χ4v) is 3.85. The van der Waals surface area contributed by atoms with Crippen molar-refractivity contribution in [3.8, 4) is 5.75 Å². The Morgan fingerprint density at radius 3 is 2.69 bits per heavy atom. The molecule has 6 nitrogen and oxygen atoms in total. The van der Waals surface area contributed by atoms with E-state index in [0.717, 1.165) is 16.7 Å². The van der Waals surface area contributed by atoms with E-state index in [1.807, 2.05) is 0 Å². The van der Waals surface area contributed by atoms with E-state index in [1.54, 1.807) is 36.4 Å². The van der Waals surface area contributed by atoms with Gasteiger partial charge in [-0.3, -0.25) is 14.5 Å². The first-order chi connectivity index (χ1) is 13.9. The summed E-state index contributed by atoms with van der Waals surface area (Å²) in [6.45, 7) is -0.359. The maximum atomic E-state index is 13.8. The van der Waals surface area contributed by atoms with Gasteiger partial charge in [0.2, 0.25) is 0 Å². The number of halogens is 2. The molecular weight excluding hydrogens is 465 g/mol. The topological polar surface area (TPSA) is 72.9 Å². The first-order valence-electron chi connectivity index (χ1n) is 8.37. The number of carbonyl (C=O) groups is 3. The van der Waals surface area contributed by atoms with Gasteiger partial charge in [-0.05, 0) is 57.5 Å². The summed E-state index contributed by atoms with van der Waals surface area (Å²) < 4.78 is 24.3. The highest BCUT2D eigenvalue weighted by Gasteiger charge is 2.35. The molecule has 0 bridgehead atoms. The Hall–Kier alpha value is -2.65. The summed E-state index contributed by atoms with van der Waals surface area (Å²) in [7, 11) is 1.27. The minimum absolute atomic E-state index is 0.126. The lowest BCUT2D eigenvalue weighted by atomic mass is 10.2. The molecule has 1 aliphatic heterocycles. The zero-order valence-corrected chi connectivity index (χ0v) is 17.6. The van der Waals surface area contributed by atoms with Gasteiger partial charge in [-0.2, -0.15) is 0 Å². The van der Waals surface area contributed by atoms with Crippen molar-refractivity contribution < 1.29 is 28.2 Å². The van der Waals surface area contributed by atoms with Gasteiger partial charge in [-0.15, -0.1) is 0 Å². The molecule has 0 aliphatic carbocycles. The van der Waals surface area contributed by atoms with Crippen molar-refractivity contribution >= 4 is 50.9 Å². The monoisotopic (exact) mass is 479 g/mol. The molecule has 0 spiro atoms. The molecule has 2 aromatic carbocycles. The maximum absolute atomic E-state index is 13.8. The number of ether oxygens (including phenoxy) is 2. The SMILES string of the molecule is COC(=O)COc1ccc(/C=C2\SC(=O)N(Cc3ccccc3F)C2=O)cc1Br. The summed E-state index contributed by atoms with van der Waals surface area (Å²) in [5.41, 5.74) is 0.921. The maximum Gasteiger partial charge on any atom is 0.343 e. The number of hydrogen-bond acceptors (Lipinski definition) is 6. The molecule has 0 unspecified atom stereocenters. The Morgan fingerprint density at radius 1 is 1.24 bits per heavy atom. The molecule has 1 fully saturated rings. The molecule has 0 saturated carbocycles. The van der Waals surface area contributed by atoms with Crippen molar-refractivity contribution in [1.29, 1.82) is 0 Å². The van der Waals surface area contributed by atoms with Gasteiger partial charge in [-0.25, -0.2) is 9.18 Å². The standard InChI is InChI=1S/C20H15BrFNO5S/c1-27-18(24)11-28-16-7-6-12(8-14(16)21)9-17-19(25)23(20(26)29-17)10-13-4-2-3-5-15(13)22/h2-9H,10-11H2,1H3/b17-9-. The lowest BCUT2D eigenvalue weighted by Crippen LogP contribution is -2.27. The predicted molar refractivity (Wildman–Crippen MR) is 110 cm³/mol. The van der Waals surface area contributed by atoms with Crippen molar-refractivity contribution in [3.63, 3.8) is 0 Å². The minimum atomic E-state index is -0.510. The van der Waals surface area contributed by atoms with E-state index in [2.05, 4.69) is 20.7 Å². The minimum Gasteiger partial charge on any atom is -0.481 e. The molecule has 1 aliphatic rings. The summed E-state index contributed by atoms with van der Waals surface area (Å²) in [6.07, 6.45) is 1.57. The molecule has 2 amide bonds. The van der Waals surface area contributed by atoms with Crippen LogP contribution in [0.1, 0.15) is 11.1 Å². The number of rotatable bonds is 6. The van der Waals surface area contributed by atoms with Crippen LogP contribution in [0.25, 0.3) is 6.08 Å². The number of thioether (sulfide) groups is 1. The third-order valence-corrected chi connectivity index (χ3v) is 5.51. The Balaban J connectivity index is 1.74. The van der Waals surface area contributed by atoms with Crippen LogP contribution in [0, 0.1) is 5.82 Å². The second kappa shape index (κ2) is 9.23. The summed E-state index contributed by atoms with van der Waals surface area (Å²) in [4.78, 5) is 37.3. The van der Waals surface area contributed by atoms with Crippen LogP contribution in [0.3, 0.4) is 0 Å². The van der Waals surface area contributed by atoms with E-state index in [4.69, 9.17) is 4.74 Å². The van der Waals surface area contributed by atoms with Gasteiger partial charge in [-0.1, -0.05) is 24.3 Å². The first kappa shape index (κ1) is 21.1. The van der Waals surface area contributed by atoms with E-state index in [1.165, 1.54) is 19.2 Å². The number of nitrogens with zero attached hydrogens (tertiary/aromatic N) is 1. The summed E-state index contributed by atoms with van der Waals surface area (Å²) >= 11 is 4.14. The Bertz CT molecular complexity index is 1010. The van der Waals surface area contributed by atoms with Crippen LogP contribution in [-0.4, -0.2) is 35.7 Å². The highest BCUT2D eigenvalue weighted by molar-refractivity contribution is 9.10. The lowest BCUT2D eigenvalue weighted by Gasteiger charge is -2.12. The summed E-state index contributed by atoms with van der Waals surface area (Å²) in [5, 5.41) is -0.457. The molecule has 150 valence electrons. The van der Waals surface area contributed by atoms with Gasteiger partial charge in [0.05, 0.1) is 23.0 Å². The van der Waals surface area contributed by atoms with E-state index < -0.39 is 22.9 Å². The van der Waals surface area contributed by atoms with E-state index in [0.29, 0.717) is 15.8 Å². The van der Waals surface area contributed by atoms with Gasteiger partial charge in [0.1, 0.15) is 11.6 Å². The number of esters is 1. The van der Waals surface area contributed by atoms with Crippen LogP contribution < -0.4 is 4.74 Å². The molecule has 0 atom stereocenters. The molecule has 29 heavy (non-hydrogen) atoms. The molecule has 0 N–H and O–H groups in total. The fraction of sp³-hybridized carbons (Fsp3) is 0.150. The number of imide groups is 1. The number of methoxy groups -OCH3 is 1. The number of amides is 2.